The number of aryl methyl sites for hydroxylation is 2. The summed E-state index contributed by atoms with van der Waals surface area (Å²) in [4.78, 5) is 16.1. The normalized spacial score (nSPS) is 23.3. The molecule has 2 heterocycles. The number of benzene rings is 1. The highest BCUT2D eigenvalue weighted by molar-refractivity contribution is 5.73. The third-order valence-electron chi connectivity index (χ3n) is 6.02. The van der Waals surface area contributed by atoms with Crippen LogP contribution in [0, 0.1) is 19.8 Å². The van der Waals surface area contributed by atoms with Crippen molar-refractivity contribution in [2.75, 3.05) is 32.7 Å². The standard InChI is InChI=1S/C21H33N3O2/c1-15-4-7-23(8-5-15)12-18-11-19(17(3)10-16(18)2)13-24-9-6-22-20(14-24)21(25)26/h10-11,15,20,22H,4-9,12-14H2,1-3H3,(H,25,26). The molecule has 26 heavy (non-hydrogen) atoms. The van der Waals surface area contributed by atoms with Gasteiger partial charge in [0.2, 0.25) is 0 Å². The molecular formula is C21H33N3O2. The second-order valence-electron chi connectivity index (χ2n) is 8.24. The number of carbonyl (C=O) groups is 1. The number of rotatable bonds is 5. The molecule has 1 aromatic rings. The zero-order valence-electron chi connectivity index (χ0n) is 16.4. The maximum atomic E-state index is 11.3. The lowest BCUT2D eigenvalue weighted by molar-refractivity contribution is -0.140. The smallest absolute Gasteiger partial charge is 0.322 e. The van der Waals surface area contributed by atoms with E-state index in [2.05, 4.69) is 48.0 Å². The first-order chi connectivity index (χ1) is 12.4. The molecule has 2 aliphatic heterocycles. The van der Waals surface area contributed by atoms with Gasteiger partial charge in [-0.05, 0) is 68.0 Å². The van der Waals surface area contributed by atoms with Crippen molar-refractivity contribution in [3.63, 3.8) is 0 Å². The van der Waals surface area contributed by atoms with Crippen LogP contribution in [0.15, 0.2) is 12.1 Å². The topological polar surface area (TPSA) is 55.8 Å². The van der Waals surface area contributed by atoms with Gasteiger partial charge in [-0.2, -0.15) is 0 Å². The van der Waals surface area contributed by atoms with Gasteiger partial charge in [0.05, 0.1) is 0 Å². The largest absolute Gasteiger partial charge is 0.480 e. The van der Waals surface area contributed by atoms with Crippen molar-refractivity contribution < 1.29 is 9.90 Å². The van der Waals surface area contributed by atoms with Gasteiger partial charge in [-0.3, -0.25) is 14.6 Å². The van der Waals surface area contributed by atoms with E-state index >= 15 is 0 Å². The van der Waals surface area contributed by atoms with Gasteiger partial charge in [0, 0.05) is 32.7 Å². The number of piperazine rings is 1. The number of nitrogens with one attached hydrogen (secondary N) is 1. The van der Waals surface area contributed by atoms with E-state index in [9.17, 15) is 9.90 Å². The molecule has 3 rings (SSSR count). The maximum absolute atomic E-state index is 11.3. The summed E-state index contributed by atoms with van der Waals surface area (Å²) < 4.78 is 0. The third-order valence-corrected chi connectivity index (χ3v) is 6.02. The molecule has 0 aromatic heterocycles. The van der Waals surface area contributed by atoms with Gasteiger partial charge in [-0.15, -0.1) is 0 Å². The van der Waals surface area contributed by atoms with E-state index in [0.29, 0.717) is 6.54 Å². The molecule has 0 amide bonds. The fourth-order valence-corrected chi connectivity index (χ4v) is 4.11. The summed E-state index contributed by atoms with van der Waals surface area (Å²) in [5.74, 6) is 0.103. The number of nitrogens with zero attached hydrogens (tertiary/aromatic N) is 2. The second kappa shape index (κ2) is 8.51. The van der Waals surface area contributed by atoms with Gasteiger partial charge >= 0.3 is 5.97 Å². The number of hydrogen-bond donors (Lipinski definition) is 2. The molecular weight excluding hydrogens is 326 g/mol. The molecule has 1 unspecified atom stereocenters. The Morgan fingerprint density at radius 3 is 2.31 bits per heavy atom. The van der Waals surface area contributed by atoms with Crippen LogP contribution in [0.3, 0.4) is 0 Å². The van der Waals surface area contributed by atoms with Crippen molar-refractivity contribution in [2.45, 2.75) is 52.7 Å². The van der Waals surface area contributed by atoms with Crippen LogP contribution < -0.4 is 5.32 Å². The first kappa shape index (κ1) is 19.3. The Labute approximate surface area is 157 Å². The zero-order chi connectivity index (χ0) is 18.7. The van der Waals surface area contributed by atoms with E-state index in [1.165, 1.54) is 48.2 Å². The molecule has 0 spiro atoms. The van der Waals surface area contributed by atoms with Crippen molar-refractivity contribution in [1.29, 1.82) is 0 Å². The van der Waals surface area contributed by atoms with Gasteiger partial charge in [0.25, 0.3) is 0 Å². The lowest BCUT2D eigenvalue weighted by atomic mass is 9.96. The number of aliphatic carboxylic acids is 1. The zero-order valence-corrected chi connectivity index (χ0v) is 16.4. The van der Waals surface area contributed by atoms with Crippen LogP contribution in [0.4, 0.5) is 0 Å². The first-order valence-corrected chi connectivity index (χ1v) is 9.92. The van der Waals surface area contributed by atoms with E-state index in [-0.39, 0.29) is 0 Å². The molecule has 0 saturated carbocycles. The first-order valence-electron chi connectivity index (χ1n) is 9.92. The SMILES string of the molecule is Cc1cc(C)c(CN2CCNC(C(=O)O)C2)cc1CN1CCC(C)CC1. The molecule has 0 radical (unpaired) electrons. The highest BCUT2D eigenvalue weighted by Gasteiger charge is 2.25. The van der Waals surface area contributed by atoms with Crippen LogP contribution in [0.5, 0.6) is 0 Å². The third kappa shape index (κ3) is 4.84. The Balaban J connectivity index is 1.68. The number of piperidine rings is 1. The summed E-state index contributed by atoms with van der Waals surface area (Å²) in [6.45, 7) is 13.2. The van der Waals surface area contributed by atoms with Crippen LogP contribution in [0.1, 0.15) is 42.0 Å². The highest BCUT2D eigenvalue weighted by atomic mass is 16.4. The van der Waals surface area contributed by atoms with Crippen LogP contribution in [0.2, 0.25) is 0 Å². The summed E-state index contributed by atoms with van der Waals surface area (Å²) in [6, 6.07) is 4.21. The Kier molecular flexibility index (Phi) is 6.33. The second-order valence-corrected chi connectivity index (χ2v) is 8.24. The van der Waals surface area contributed by atoms with Crippen molar-refractivity contribution in [1.82, 2.24) is 15.1 Å². The van der Waals surface area contributed by atoms with Gasteiger partial charge in [0.15, 0.2) is 0 Å². The number of carboxylic acids is 1. The molecule has 1 aromatic carbocycles. The van der Waals surface area contributed by atoms with Crippen LogP contribution in [-0.4, -0.2) is 59.6 Å². The number of carboxylic acid groups (broad SMARTS) is 1. The maximum Gasteiger partial charge on any atom is 0.322 e. The summed E-state index contributed by atoms with van der Waals surface area (Å²) in [5.41, 5.74) is 5.43. The molecule has 2 saturated heterocycles. The molecule has 1 atom stereocenters. The summed E-state index contributed by atoms with van der Waals surface area (Å²) in [6.07, 6.45) is 2.60. The molecule has 0 bridgehead atoms. The molecule has 5 heteroatoms. The predicted octanol–water partition coefficient (Wildman–Crippen LogP) is 2.39. The number of hydrogen-bond acceptors (Lipinski definition) is 4. The van der Waals surface area contributed by atoms with E-state index in [0.717, 1.165) is 32.1 Å². The van der Waals surface area contributed by atoms with Crippen molar-refractivity contribution in [3.05, 3.63) is 34.4 Å². The van der Waals surface area contributed by atoms with Crippen molar-refractivity contribution in [2.24, 2.45) is 5.92 Å². The lowest BCUT2D eigenvalue weighted by Gasteiger charge is -2.33. The minimum atomic E-state index is -0.754. The summed E-state index contributed by atoms with van der Waals surface area (Å²) in [7, 11) is 0. The van der Waals surface area contributed by atoms with E-state index in [1.54, 1.807) is 0 Å². The molecule has 0 aliphatic carbocycles. The van der Waals surface area contributed by atoms with E-state index in [4.69, 9.17) is 0 Å². The van der Waals surface area contributed by atoms with Gasteiger partial charge < -0.3 is 10.4 Å². The highest BCUT2D eigenvalue weighted by Crippen LogP contribution is 2.23. The van der Waals surface area contributed by atoms with Crippen molar-refractivity contribution >= 4 is 5.97 Å². The molecule has 2 fully saturated rings. The Bertz CT molecular complexity index is 638. The quantitative estimate of drug-likeness (QED) is 0.845. The summed E-state index contributed by atoms with van der Waals surface area (Å²) in [5, 5.41) is 12.3. The number of likely N-dealkylation sites (tertiary alicyclic amines) is 1. The Hall–Kier alpha value is -1.43. The minimum absolute atomic E-state index is 0.454. The molecule has 144 valence electrons. The monoisotopic (exact) mass is 359 g/mol. The fraction of sp³-hybridized carbons (Fsp3) is 0.667. The van der Waals surface area contributed by atoms with E-state index < -0.39 is 12.0 Å². The van der Waals surface area contributed by atoms with E-state index in [1.807, 2.05) is 0 Å². The molecule has 2 aliphatic rings. The Morgan fingerprint density at radius 2 is 1.69 bits per heavy atom. The summed E-state index contributed by atoms with van der Waals surface area (Å²) >= 11 is 0. The van der Waals surface area contributed by atoms with Crippen LogP contribution >= 0.6 is 0 Å². The average molecular weight is 360 g/mol. The molecule has 5 nitrogen and oxygen atoms in total. The Morgan fingerprint density at radius 1 is 1.08 bits per heavy atom. The fourth-order valence-electron chi connectivity index (χ4n) is 4.11. The minimum Gasteiger partial charge on any atom is -0.480 e. The van der Waals surface area contributed by atoms with Gasteiger partial charge in [-0.25, -0.2) is 0 Å². The lowest BCUT2D eigenvalue weighted by Crippen LogP contribution is -2.53. The average Bonchev–Trinajstić information content (AvgIpc) is 2.61. The van der Waals surface area contributed by atoms with Crippen molar-refractivity contribution in [3.8, 4) is 0 Å². The van der Waals surface area contributed by atoms with Gasteiger partial charge in [-0.1, -0.05) is 19.1 Å². The van der Waals surface area contributed by atoms with Crippen LogP contribution in [0.25, 0.3) is 0 Å². The van der Waals surface area contributed by atoms with Crippen LogP contribution in [-0.2, 0) is 17.9 Å². The van der Waals surface area contributed by atoms with Gasteiger partial charge in [0.1, 0.15) is 6.04 Å². The predicted molar refractivity (Wildman–Crippen MR) is 104 cm³/mol. The molecule has 2 N–H and O–H groups in total.